The molecule has 0 heterocycles. The summed E-state index contributed by atoms with van der Waals surface area (Å²) in [6.45, 7) is 7.30. The van der Waals surface area contributed by atoms with Crippen LogP contribution in [-0.2, 0) is 14.8 Å². The molecule has 1 aromatic carbocycles. The van der Waals surface area contributed by atoms with Crippen molar-refractivity contribution in [1.29, 1.82) is 0 Å². The van der Waals surface area contributed by atoms with Gasteiger partial charge in [-0.25, -0.2) is 8.42 Å². The number of sulfonamides is 1. The van der Waals surface area contributed by atoms with Crippen molar-refractivity contribution >= 4 is 27.5 Å². The number of hydrogen-bond acceptors (Lipinski definition) is 3. The molecule has 0 aliphatic heterocycles. The first-order valence-electron chi connectivity index (χ1n) is 6.44. The number of halogens is 1. The van der Waals surface area contributed by atoms with Crippen molar-refractivity contribution in [1.82, 2.24) is 10.0 Å². The maximum atomic E-state index is 12.3. The summed E-state index contributed by atoms with van der Waals surface area (Å²) < 4.78 is 27.0. The number of nitrogens with one attached hydrogen (secondary N) is 2. The lowest BCUT2D eigenvalue weighted by atomic mass is 10.1. The molecule has 0 aromatic heterocycles. The van der Waals surface area contributed by atoms with Gasteiger partial charge in [-0.3, -0.25) is 4.79 Å². The zero-order chi connectivity index (χ0) is 16.0. The minimum absolute atomic E-state index is 0.0252. The first-order chi connectivity index (χ1) is 9.77. The Labute approximate surface area is 130 Å². The zero-order valence-electron chi connectivity index (χ0n) is 12.0. The van der Waals surface area contributed by atoms with Crippen molar-refractivity contribution in [3.8, 4) is 0 Å². The van der Waals surface area contributed by atoms with Crippen molar-refractivity contribution in [3.63, 3.8) is 0 Å². The Bertz CT molecular complexity index is 614. The van der Waals surface area contributed by atoms with E-state index in [0.29, 0.717) is 5.02 Å². The highest BCUT2D eigenvalue weighted by Crippen LogP contribution is 2.16. The monoisotopic (exact) mass is 330 g/mol. The summed E-state index contributed by atoms with van der Waals surface area (Å²) in [5.41, 5.74) is 0. The molecular weight excluding hydrogens is 312 g/mol. The molecular formula is C14H19ClN2O3S. The van der Waals surface area contributed by atoms with Crippen molar-refractivity contribution in [2.45, 2.75) is 24.8 Å². The number of carbonyl (C=O) groups is 1. The highest BCUT2D eigenvalue weighted by Gasteiger charge is 2.28. The summed E-state index contributed by atoms with van der Waals surface area (Å²) in [4.78, 5) is 12.0. The fraction of sp³-hybridized carbons (Fsp3) is 0.357. The second-order valence-corrected chi connectivity index (χ2v) is 6.98. The predicted octanol–water partition coefficient (Wildman–Crippen LogP) is 1.95. The van der Waals surface area contributed by atoms with E-state index < -0.39 is 22.0 Å². The minimum Gasteiger partial charge on any atom is -0.351 e. The molecule has 0 bridgehead atoms. The van der Waals surface area contributed by atoms with Gasteiger partial charge in [0.25, 0.3) is 0 Å². The van der Waals surface area contributed by atoms with Crippen LogP contribution in [0.3, 0.4) is 0 Å². The summed E-state index contributed by atoms with van der Waals surface area (Å²) in [6, 6.07) is 5.01. The van der Waals surface area contributed by atoms with Crippen LogP contribution in [0.25, 0.3) is 0 Å². The Balaban J connectivity index is 2.97. The van der Waals surface area contributed by atoms with Crippen molar-refractivity contribution in [3.05, 3.63) is 41.9 Å². The van der Waals surface area contributed by atoms with Crippen LogP contribution >= 0.6 is 11.6 Å². The molecule has 1 rings (SSSR count). The molecule has 0 aliphatic carbocycles. The van der Waals surface area contributed by atoms with E-state index in [2.05, 4.69) is 16.6 Å². The summed E-state index contributed by atoms with van der Waals surface area (Å²) in [6.07, 6.45) is 1.53. The van der Waals surface area contributed by atoms with Gasteiger partial charge in [0.2, 0.25) is 15.9 Å². The number of carbonyl (C=O) groups excluding carboxylic acids is 1. The molecule has 1 aromatic rings. The van der Waals surface area contributed by atoms with Crippen molar-refractivity contribution < 1.29 is 13.2 Å². The van der Waals surface area contributed by atoms with E-state index in [9.17, 15) is 13.2 Å². The smallest absolute Gasteiger partial charge is 0.241 e. The maximum absolute atomic E-state index is 12.3. The molecule has 7 heteroatoms. The van der Waals surface area contributed by atoms with Crippen LogP contribution in [0.15, 0.2) is 41.8 Å². The number of benzene rings is 1. The molecule has 1 amide bonds. The lowest BCUT2D eigenvalue weighted by molar-refractivity contribution is -0.123. The van der Waals surface area contributed by atoms with Gasteiger partial charge in [-0.1, -0.05) is 37.6 Å². The maximum Gasteiger partial charge on any atom is 0.241 e. The molecule has 0 unspecified atom stereocenters. The third kappa shape index (κ3) is 5.15. The van der Waals surface area contributed by atoms with Crippen LogP contribution in [0.2, 0.25) is 5.02 Å². The summed E-state index contributed by atoms with van der Waals surface area (Å²) in [7, 11) is -3.82. The molecule has 0 fully saturated rings. The van der Waals surface area contributed by atoms with Crippen LogP contribution in [0.5, 0.6) is 0 Å². The van der Waals surface area contributed by atoms with E-state index in [1.54, 1.807) is 26.0 Å². The molecule has 1 atom stereocenters. The molecule has 21 heavy (non-hydrogen) atoms. The van der Waals surface area contributed by atoms with Gasteiger partial charge in [0.05, 0.1) is 4.90 Å². The van der Waals surface area contributed by atoms with Gasteiger partial charge < -0.3 is 5.32 Å². The van der Waals surface area contributed by atoms with Crippen LogP contribution < -0.4 is 10.0 Å². The molecule has 0 radical (unpaired) electrons. The van der Waals surface area contributed by atoms with E-state index in [1.807, 2.05) is 0 Å². The van der Waals surface area contributed by atoms with Gasteiger partial charge in [0.15, 0.2) is 0 Å². The first-order valence-corrected chi connectivity index (χ1v) is 8.30. The fourth-order valence-corrected chi connectivity index (χ4v) is 3.29. The van der Waals surface area contributed by atoms with Crippen LogP contribution in [-0.4, -0.2) is 26.9 Å². The van der Waals surface area contributed by atoms with Gasteiger partial charge in [0, 0.05) is 11.6 Å². The van der Waals surface area contributed by atoms with E-state index in [-0.39, 0.29) is 17.4 Å². The normalized spacial score (nSPS) is 13.0. The largest absolute Gasteiger partial charge is 0.351 e. The second-order valence-electron chi connectivity index (χ2n) is 4.83. The van der Waals surface area contributed by atoms with E-state index in [4.69, 9.17) is 11.6 Å². The molecule has 0 saturated carbocycles. The van der Waals surface area contributed by atoms with Crippen molar-refractivity contribution in [2.24, 2.45) is 5.92 Å². The molecule has 116 valence electrons. The third-order valence-corrected chi connectivity index (χ3v) is 4.43. The van der Waals surface area contributed by atoms with E-state index in [0.717, 1.165) is 0 Å². The van der Waals surface area contributed by atoms with Crippen LogP contribution in [0.1, 0.15) is 13.8 Å². The highest BCUT2D eigenvalue weighted by molar-refractivity contribution is 7.89. The Morgan fingerprint density at radius 3 is 2.62 bits per heavy atom. The van der Waals surface area contributed by atoms with Crippen LogP contribution in [0, 0.1) is 5.92 Å². The number of rotatable bonds is 7. The number of amides is 1. The standard InChI is InChI=1S/C14H19ClN2O3S/c1-4-8-16-14(18)13(10(2)3)17-21(19,20)12-7-5-6-11(15)9-12/h4-7,9-10,13,17H,1,8H2,2-3H3,(H,16,18)/t13-/m0/s1. The van der Waals surface area contributed by atoms with Crippen LogP contribution in [0.4, 0.5) is 0 Å². The topological polar surface area (TPSA) is 75.3 Å². The van der Waals surface area contributed by atoms with Gasteiger partial charge in [0.1, 0.15) is 6.04 Å². The minimum atomic E-state index is -3.82. The van der Waals surface area contributed by atoms with Gasteiger partial charge in [-0.2, -0.15) is 4.72 Å². The number of hydrogen-bond donors (Lipinski definition) is 2. The molecule has 0 aliphatic rings. The van der Waals surface area contributed by atoms with Crippen molar-refractivity contribution in [2.75, 3.05) is 6.54 Å². The highest BCUT2D eigenvalue weighted by atomic mass is 35.5. The summed E-state index contributed by atoms with van der Waals surface area (Å²) >= 11 is 5.80. The van der Waals surface area contributed by atoms with E-state index in [1.165, 1.54) is 18.2 Å². The van der Waals surface area contributed by atoms with Gasteiger partial charge in [-0.15, -0.1) is 6.58 Å². The lowest BCUT2D eigenvalue weighted by Gasteiger charge is -2.21. The average Bonchev–Trinajstić information content (AvgIpc) is 2.42. The van der Waals surface area contributed by atoms with Gasteiger partial charge >= 0.3 is 0 Å². The quantitative estimate of drug-likeness (QED) is 0.750. The molecule has 0 spiro atoms. The fourth-order valence-electron chi connectivity index (χ4n) is 1.64. The first kappa shape index (κ1) is 17.7. The Hall–Kier alpha value is -1.37. The SMILES string of the molecule is C=CCNC(=O)[C@@H](NS(=O)(=O)c1cccc(Cl)c1)C(C)C. The Morgan fingerprint density at radius 2 is 2.10 bits per heavy atom. The predicted molar refractivity (Wildman–Crippen MR) is 83.6 cm³/mol. The molecule has 2 N–H and O–H groups in total. The average molecular weight is 331 g/mol. The molecule has 0 saturated heterocycles. The second kappa shape index (κ2) is 7.59. The zero-order valence-corrected chi connectivity index (χ0v) is 13.5. The summed E-state index contributed by atoms with van der Waals surface area (Å²) in [5, 5.41) is 2.90. The summed E-state index contributed by atoms with van der Waals surface area (Å²) in [5.74, 6) is -0.598. The third-order valence-electron chi connectivity index (χ3n) is 2.76. The Morgan fingerprint density at radius 1 is 1.43 bits per heavy atom. The van der Waals surface area contributed by atoms with E-state index >= 15 is 0 Å². The lowest BCUT2D eigenvalue weighted by Crippen LogP contribution is -2.49. The van der Waals surface area contributed by atoms with Gasteiger partial charge in [-0.05, 0) is 24.1 Å². The Kier molecular flexibility index (Phi) is 6.39. The molecule has 5 nitrogen and oxygen atoms in total.